The van der Waals surface area contributed by atoms with E-state index in [1.165, 1.54) is 15.2 Å². The minimum Gasteiger partial charge on any atom is -0.322 e. The van der Waals surface area contributed by atoms with Gasteiger partial charge >= 0.3 is 0 Å². The number of sulfonamides is 1. The first-order valence-electron chi connectivity index (χ1n) is 8.91. The van der Waals surface area contributed by atoms with Crippen molar-refractivity contribution in [1.82, 2.24) is 14.1 Å². The zero-order valence-electron chi connectivity index (χ0n) is 15.5. The molecule has 1 N–H and O–H groups in total. The normalized spacial score (nSPS) is 16.1. The van der Waals surface area contributed by atoms with Crippen LogP contribution in [0.3, 0.4) is 0 Å². The van der Waals surface area contributed by atoms with E-state index in [0.717, 1.165) is 30.6 Å². The predicted molar refractivity (Wildman–Crippen MR) is 107 cm³/mol. The van der Waals surface area contributed by atoms with Crippen molar-refractivity contribution in [2.24, 2.45) is 7.05 Å². The van der Waals surface area contributed by atoms with Gasteiger partial charge in [-0.1, -0.05) is 12.8 Å². The SMILES string of the molecule is CSc1ccc(NC(=O)c2cn(C)nc2S(=O)(=O)N2CCCCCC2)cc1. The molecule has 0 unspecified atom stereocenters. The summed E-state index contributed by atoms with van der Waals surface area (Å²) in [5.74, 6) is -0.478. The number of nitrogens with zero attached hydrogens (tertiary/aromatic N) is 3. The van der Waals surface area contributed by atoms with Crippen LogP contribution in [0.1, 0.15) is 36.0 Å². The van der Waals surface area contributed by atoms with Gasteiger partial charge in [-0.05, 0) is 43.4 Å². The van der Waals surface area contributed by atoms with Crippen molar-refractivity contribution >= 4 is 33.4 Å². The molecule has 1 aromatic carbocycles. The van der Waals surface area contributed by atoms with Gasteiger partial charge in [0.1, 0.15) is 0 Å². The highest BCUT2D eigenvalue weighted by Gasteiger charge is 2.32. The first-order valence-corrected chi connectivity index (χ1v) is 11.6. The molecular weight excluding hydrogens is 384 g/mol. The number of hydrogen-bond donors (Lipinski definition) is 1. The van der Waals surface area contributed by atoms with E-state index in [1.807, 2.05) is 18.4 Å². The Morgan fingerprint density at radius 1 is 1.11 bits per heavy atom. The summed E-state index contributed by atoms with van der Waals surface area (Å²) in [6, 6.07) is 7.39. The quantitative estimate of drug-likeness (QED) is 0.769. The van der Waals surface area contributed by atoms with Crippen molar-refractivity contribution in [2.75, 3.05) is 24.7 Å². The number of rotatable bonds is 5. The van der Waals surface area contributed by atoms with Crippen LogP contribution in [0.15, 0.2) is 40.4 Å². The molecule has 7 nitrogen and oxygen atoms in total. The summed E-state index contributed by atoms with van der Waals surface area (Å²) in [7, 11) is -2.19. The van der Waals surface area contributed by atoms with Gasteiger partial charge in [0.15, 0.2) is 0 Å². The summed E-state index contributed by atoms with van der Waals surface area (Å²) >= 11 is 1.61. The molecule has 1 amide bonds. The fourth-order valence-electron chi connectivity index (χ4n) is 3.09. The number of aryl methyl sites for hydroxylation is 1. The van der Waals surface area contributed by atoms with Crippen molar-refractivity contribution in [2.45, 2.75) is 35.6 Å². The number of thioether (sulfide) groups is 1. The van der Waals surface area contributed by atoms with Crippen molar-refractivity contribution in [1.29, 1.82) is 0 Å². The Morgan fingerprint density at radius 3 is 2.33 bits per heavy atom. The van der Waals surface area contributed by atoms with E-state index in [1.54, 1.807) is 30.9 Å². The molecule has 2 aromatic rings. The Hall–Kier alpha value is -1.84. The van der Waals surface area contributed by atoms with E-state index in [-0.39, 0.29) is 10.6 Å². The van der Waals surface area contributed by atoms with Crippen molar-refractivity contribution in [3.8, 4) is 0 Å². The molecule has 1 aromatic heterocycles. The van der Waals surface area contributed by atoms with Crippen molar-refractivity contribution in [3.05, 3.63) is 36.0 Å². The Morgan fingerprint density at radius 2 is 1.74 bits per heavy atom. The fourth-order valence-corrected chi connectivity index (χ4v) is 5.14. The molecule has 3 rings (SSSR count). The topological polar surface area (TPSA) is 84.3 Å². The van der Waals surface area contributed by atoms with E-state index in [9.17, 15) is 13.2 Å². The largest absolute Gasteiger partial charge is 0.322 e. The van der Waals surface area contributed by atoms with Gasteiger partial charge in [-0.25, -0.2) is 8.42 Å². The summed E-state index contributed by atoms with van der Waals surface area (Å²) in [5, 5.41) is 6.69. The van der Waals surface area contributed by atoms with E-state index in [0.29, 0.717) is 18.8 Å². The number of carbonyl (C=O) groups is 1. The maximum atomic E-state index is 13.1. The van der Waals surface area contributed by atoms with Crippen LogP contribution in [0.5, 0.6) is 0 Å². The molecular formula is C18H24N4O3S2. The summed E-state index contributed by atoms with van der Waals surface area (Å²) in [4.78, 5) is 13.8. The van der Waals surface area contributed by atoms with Crippen LogP contribution in [-0.4, -0.2) is 47.8 Å². The summed E-state index contributed by atoms with van der Waals surface area (Å²) in [6.07, 6.45) is 7.13. The second-order valence-corrected chi connectivity index (χ2v) is 9.26. The molecule has 0 spiro atoms. The van der Waals surface area contributed by atoms with Crippen LogP contribution < -0.4 is 5.32 Å². The van der Waals surface area contributed by atoms with Gasteiger partial charge in [-0.2, -0.15) is 9.40 Å². The van der Waals surface area contributed by atoms with Gasteiger partial charge in [-0.3, -0.25) is 9.48 Å². The average Bonchev–Trinajstić information content (AvgIpc) is 2.87. The van der Waals surface area contributed by atoms with Crippen molar-refractivity contribution in [3.63, 3.8) is 0 Å². The fraction of sp³-hybridized carbons (Fsp3) is 0.444. The third-order valence-corrected chi connectivity index (χ3v) is 7.12. The number of aromatic nitrogens is 2. The van der Waals surface area contributed by atoms with Gasteiger partial charge in [0.25, 0.3) is 15.9 Å². The molecule has 0 saturated carbocycles. The second-order valence-electron chi connectivity index (χ2n) is 6.52. The summed E-state index contributed by atoms with van der Waals surface area (Å²) in [6.45, 7) is 0.937. The summed E-state index contributed by atoms with van der Waals surface area (Å²) < 4.78 is 29.0. The number of carbonyl (C=O) groups excluding carboxylic acids is 1. The van der Waals surface area contributed by atoms with Crippen LogP contribution >= 0.6 is 11.8 Å². The first kappa shape index (κ1) is 19.9. The van der Waals surface area contributed by atoms with E-state index >= 15 is 0 Å². The minimum atomic E-state index is -3.81. The zero-order chi connectivity index (χ0) is 19.4. The zero-order valence-corrected chi connectivity index (χ0v) is 17.1. The predicted octanol–water partition coefficient (Wildman–Crippen LogP) is 2.96. The Labute approximate surface area is 164 Å². The lowest BCUT2D eigenvalue weighted by molar-refractivity contribution is 0.102. The molecule has 1 aliphatic heterocycles. The molecule has 0 bridgehead atoms. The number of amides is 1. The molecule has 2 heterocycles. The third kappa shape index (κ3) is 4.53. The van der Waals surface area contributed by atoms with Gasteiger partial charge in [0.05, 0.1) is 5.56 Å². The molecule has 1 fully saturated rings. The van der Waals surface area contributed by atoms with Crippen LogP contribution in [0.2, 0.25) is 0 Å². The van der Waals surface area contributed by atoms with Gasteiger partial charge in [0, 0.05) is 36.9 Å². The highest BCUT2D eigenvalue weighted by atomic mass is 32.2. The smallest absolute Gasteiger partial charge is 0.263 e. The molecule has 1 aliphatic rings. The second kappa shape index (κ2) is 8.45. The Balaban J connectivity index is 1.86. The number of nitrogens with one attached hydrogen (secondary N) is 1. The maximum absolute atomic E-state index is 13.1. The van der Waals surface area contributed by atoms with Crippen LogP contribution in [-0.2, 0) is 17.1 Å². The van der Waals surface area contributed by atoms with Gasteiger partial charge in [0.2, 0.25) is 5.03 Å². The van der Waals surface area contributed by atoms with E-state index < -0.39 is 15.9 Å². The van der Waals surface area contributed by atoms with Crippen LogP contribution in [0.25, 0.3) is 0 Å². The van der Waals surface area contributed by atoms with Gasteiger partial charge < -0.3 is 5.32 Å². The molecule has 27 heavy (non-hydrogen) atoms. The summed E-state index contributed by atoms with van der Waals surface area (Å²) in [5.41, 5.74) is 0.676. The van der Waals surface area contributed by atoms with E-state index in [4.69, 9.17) is 0 Å². The Kier molecular flexibility index (Phi) is 6.23. The molecule has 9 heteroatoms. The lowest BCUT2D eigenvalue weighted by Gasteiger charge is -2.19. The van der Waals surface area contributed by atoms with Gasteiger partial charge in [-0.15, -0.1) is 11.8 Å². The highest BCUT2D eigenvalue weighted by Crippen LogP contribution is 2.23. The average molecular weight is 409 g/mol. The molecule has 1 saturated heterocycles. The molecule has 146 valence electrons. The van der Waals surface area contributed by atoms with Crippen LogP contribution in [0, 0.1) is 0 Å². The first-order chi connectivity index (χ1) is 12.9. The van der Waals surface area contributed by atoms with Crippen LogP contribution in [0.4, 0.5) is 5.69 Å². The highest BCUT2D eigenvalue weighted by molar-refractivity contribution is 7.98. The third-order valence-electron chi connectivity index (χ3n) is 4.54. The minimum absolute atomic E-state index is 0.0655. The van der Waals surface area contributed by atoms with E-state index in [2.05, 4.69) is 10.4 Å². The molecule has 0 radical (unpaired) electrons. The number of hydrogen-bond acceptors (Lipinski definition) is 5. The monoisotopic (exact) mass is 408 g/mol. The maximum Gasteiger partial charge on any atom is 0.263 e. The molecule has 0 aliphatic carbocycles. The Bertz CT molecular complexity index is 899. The number of anilines is 1. The number of benzene rings is 1. The lowest BCUT2D eigenvalue weighted by atomic mass is 10.2. The lowest BCUT2D eigenvalue weighted by Crippen LogP contribution is -2.33. The molecule has 0 atom stereocenters. The standard InChI is InChI=1S/C18H24N4O3S2/c1-21-13-16(17(23)19-14-7-9-15(26-2)10-8-14)18(20-21)27(24,25)22-11-5-3-4-6-12-22/h7-10,13H,3-6,11-12H2,1-2H3,(H,19,23). The van der Waals surface area contributed by atoms with Crippen molar-refractivity contribution < 1.29 is 13.2 Å².